The molecule has 1 N–H and O–H groups in total. The number of nitro benzene ring substituents is 1. The second-order valence-electron chi connectivity index (χ2n) is 7.68. The van der Waals surface area contributed by atoms with Crippen LogP contribution in [0.5, 0.6) is 17.2 Å². The van der Waals surface area contributed by atoms with Crippen molar-refractivity contribution in [3.05, 3.63) is 58.1 Å². The fourth-order valence-corrected chi connectivity index (χ4v) is 3.46. The summed E-state index contributed by atoms with van der Waals surface area (Å²) >= 11 is 0. The molecule has 1 aliphatic rings. The lowest BCUT2D eigenvalue weighted by molar-refractivity contribution is -0.385. The van der Waals surface area contributed by atoms with Gasteiger partial charge in [0, 0.05) is 32.2 Å². The van der Waals surface area contributed by atoms with Crippen LogP contribution in [0.1, 0.15) is 18.4 Å². The zero-order valence-electron chi connectivity index (χ0n) is 18.4. The fourth-order valence-electron chi connectivity index (χ4n) is 3.46. The molecular formula is C23H27N3O7. The number of amides is 2. The smallest absolute Gasteiger partial charge is 0.311 e. The first-order valence-electron chi connectivity index (χ1n) is 10.7. The fraction of sp³-hybridized carbons (Fsp3) is 0.391. The van der Waals surface area contributed by atoms with Crippen LogP contribution in [-0.2, 0) is 9.59 Å². The van der Waals surface area contributed by atoms with Crippen LogP contribution >= 0.6 is 0 Å². The van der Waals surface area contributed by atoms with Gasteiger partial charge >= 0.3 is 5.69 Å². The number of piperazine rings is 1. The molecule has 1 fully saturated rings. The predicted octanol–water partition coefficient (Wildman–Crippen LogP) is 2.52. The van der Waals surface area contributed by atoms with Crippen LogP contribution in [0, 0.1) is 17.0 Å². The molecule has 1 heterocycles. The van der Waals surface area contributed by atoms with Gasteiger partial charge < -0.3 is 24.4 Å². The standard InChI is InChI=1S/C23H27N3O7/c1-17-2-7-21(20(16-17)26(30)31)33-15-9-23(29)25-12-10-24(11-13-25)22(28)8-14-32-19-5-3-18(27)4-6-19/h2-7,16,27H,8-15H2,1H3. The minimum absolute atomic E-state index is 0.0382. The molecule has 1 aliphatic heterocycles. The van der Waals surface area contributed by atoms with Crippen LogP contribution in [0.2, 0.25) is 0 Å². The van der Waals surface area contributed by atoms with Crippen LogP contribution in [-0.4, -0.2) is 71.0 Å². The zero-order valence-corrected chi connectivity index (χ0v) is 18.4. The van der Waals surface area contributed by atoms with Crippen molar-refractivity contribution in [2.45, 2.75) is 19.8 Å². The summed E-state index contributed by atoms with van der Waals surface area (Å²) < 4.78 is 11.0. The Morgan fingerprint density at radius 3 is 2.03 bits per heavy atom. The lowest BCUT2D eigenvalue weighted by Crippen LogP contribution is -2.51. The van der Waals surface area contributed by atoms with Crippen molar-refractivity contribution in [2.75, 3.05) is 39.4 Å². The van der Waals surface area contributed by atoms with Gasteiger partial charge in [-0.25, -0.2) is 0 Å². The van der Waals surface area contributed by atoms with Gasteiger partial charge in [-0.3, -0.25) is 19.7 Å². The maximum Gasteiger partial charge on any atom is 0.311 e. The van der Waals surface area contributed by atoms with Gasteiger partial charge in [-0.05, 0) is 42.8 Å². The molecule has 2 amide bonds. The molecule has 0 bridgehead atoms. The van der Waals surface area contributed by atoms with E-state index in [1.807, 2.05) is 0 Å². The van der Waals surface area contributed by atoms with Gasteiger partial charge in [-0.15, -0.1) is 0 Å². The van der Waals surface area contributed by atoms with Crippen molar-refractivity contribution in [2.24, 2.45) is 0 Å². The second-order valence-corrected chi connectivity index (χ2v) is 7.68. The monoisotopic (exact) mass is 457 g/mol. The summed E-state index contributed by atoms with van der Waals surface area (Å²) in [4.78, 5) is 38.9. The Kier molecular flexibility index (Phi) is 8.06. The van der Waals surface area contributed by atoms with Crippen molar-refractivity contribution in [1.29, 1.82) is 0 Å². The van der Waals surface area contributed by atoms with Gasteiger partial charge in [-0.1, -0.05) is 6.07 Å². The van der Waals surface area contributed by atoms with E-state index in [1.54, 1.807) is 34.9 Å². The molecule has 0 aromatic heterocycles. The van der Waals surface area contributed by atoms with Crippen molar-refractivity contribution in [1.82, 2.24) is 9.80 Å². The number of hydrogen-bond donors (Lipinski definition) is 1. The Balaban J connectivity index is 1.37. The van der Waals surface area contributed by atoms with Crippen LogP contribution in [0.25, 0.3) is 0 Å². The second kappa shape index (κ2) is 11.2. The van der Waals surface area contributed by atoms with E-state index < -0.39 is 4.92 Å². The largest absolute Gasteiger partial charge is 0.508 e. The third-order valence-electron chi connectivity index (χ3n) is 5.29. The molecule has 10 nitrogen and oxygen atoms in total. The maximum absolute atomic E-state index is 12.5. The highest BCUT2D eigenvalue weighted by molar-refractivity contribution is 5.78. The Morgan fingerprint density at radius 1 is 0.939 bits per heavy atom. The highest BCUT2D eigenvalue weighted by Crippen LogP contribution is 2.27. The Morgan fingerprint density at radius 2 is 1.48 bits per heavy atom. The molecule has 2 aromatic rings. The molecule has 3 rings (SSSR count). The van der Waals surface area contributed by atoms with Crippen LogP contribution in [0.3, 0.4) is 0 Å². The van der Waals surface area contributed by atoms with Crippen molar-refractivity contribution in [3.63, 3.8) is 0 Å². The minimum atomic E-state index is -0.504. The predicted molar refractivity (Wildman–Crippen MR) is 119 cm³/mol. The van der Waals surface area contributed by atoms with Gasteiger partial charge in [0.25, 0.3) is 0 Å². The molecule has 0 saturated carbocycles. The molecule has 0 unspecified atom stereocenters. The SMILES string of the molecule is Cc1ccc(OCCC(=O)N2CCN(C(=O)CCOc3ccc(O)cc3)CC2)c([N+](=O)[O-])c1. The molecule has 1 saturated heterocycles. The van der Waals surface area contributed by atoms with E-state index in [2.05, 4.69) is 0 Å². The zero-order chi connectivity index (χ0) is 23.8. The van der Waals surface area contributed by atoms with Gasteiger partial charge in [0.2, 0.25) is 11.8 Å². The average molecular weight is 457 g/mol. The molecule has 176 valence electrons. The summed E-state index contributed by atoms with van der Waals surface area (Å²) in [5.74, 6) is 0.704. The first-order chi connectivity index (χ1) is 15.8. The van der Waals surface area contributed by atoms with Crippen molar-refractivity contribution >= 4 is 17.5 Å². The number of phenols is 1. The summed E-state index contributed by atoms with van der Waals surface area (Å²) in [6.45, 7) is 3.75. The number of carbonyl (C=O) groups excluding carboxylic acids is 2. The van der Waals surface area contributed by atoms with E-state index in [4.69, 9.17) is 9.47 Å². The maximum atomic E-state index is 12.5. The summed E-state index contributed by atoms with van der Waals surface area (Å²) in [6, 6.07) is 11.0. The first-order valence-corrected chi connectivity index (χ1v) is 10.7. The summed E-state index contributed by atoms with van der Waals surface area (Å²) in [5, 5.41) is 20.4. The third-order valence-corrected chi connectivity index (χ3v) is 5.29. The minimum Gasteiger partial charge on any atom is -0.508 e. The Hall–Kier alpha value is -3.82. The molecule has 2 aromatic carbocycles. The highest BCUT2D eigenvalue weighted by atomic mass is 16.6. The molecule has 0 spiro atoms. The van der Waals surface area contributed by atoms with Crippen molar-refractivity contribution < 1.29 is 29.1 Å². The molecule has 33 heavy (non-hydrogen) atoms. The topological polar surface area (TPSA) is 122 Å². The summed E-state index contributed by atoms with van der Waals surface area (Å²) in [7, 11) is 0. The number of phenolic OH excluding ortho intramolecular Hbond substituents is 1. The lowest BCUT2D eigenvalue weighted by atomic mass is 10.2. The Bertz CT molecular complexity index is 986. The van der Waals surface area contributed by atoms with Gasteiger partial charge in [-0.2, -0.15) is 0 Å². The van der Waals surface area contributed by atoms with E-state index >= 15 is 0 Å². The number of aryl methyl sites for hydroxylation is 1. The number of carbonyl (C=O) groups is 2. The average Bonchev–Trinajstić information content (AvgIpc) is 2.81. The number of aromatic hydroxyl groups is 1. The molecule has 0 radical (unpaired) electrons. The summed E-state index contributed by atoms with van der Waals surface area (Å²) in [6.07, 6.45) is 0.317. The summed E-state index contributed by atoms with van der Waals surface area (Å²) in [5.41, 5.74) is 0.633. The lowest BCUT2D eigenvalue weighted by Gasteiger charge is -2.34. The van der Waals surface area contributed by atoms with E-state index in [0.29, 0.717) is 31.9 Å². The van der Waals surface area contributed by atoms with E-state index in [1.165, 1.54) is 24.3 Å². The number of ether oxygens (including phenoxy) is 2. The normalized spacial score (nSPS) is 13.5. The highest BCUT2D eigenvalue weighted by Gasteiger charge is 2.24. The third kappa shape index (κ3) is 6.83. The molecule has 10 heteroatoms. The number of nitro groups is 1. The molecular weight excluding hydrogens is 430 g/mol. The number of hydrogen-bond acceptors (Lipinski definition) is 7. The van der Waals surface area contributed by atoms with E-state index in [9.17, 15) is 24.8 Å². The van der Waals surface area contributed by atoms with E-state index in [-0.39, 0.29) is 55.1 Å². The first kappa shape index (κ1) is 23.8. The molecule has 0 atom stereocenters. The van der Waals surface area contributed by atoms with Crippen molar-refractivity contribution in [3.8, 4) is 17.2 Å². The number of benzene rings is 2. The Labute approximate surface area is 191 Å². The van der Waals surface area contributed by atoms with Gasteiger partial charge in [0.15, 0.2) is 5.75 Å². The van der Waals surface area contributed by atoms with E-state index in [0.717, 1.165) is 5.56 Å². The number of rotatable bonds is 9. The van der Waals surface area contributed by atoms with Crippen LogP contribution < -0.4 is 9.47 Å². The van der Waals surface area contributed by atoms with Gasteiger partial charge in [0.1, 0.15) is 11.5 Å². The van der Waals surface area contributed by atoms with Gasteiger partial charge in [0.05, 0.1) is 31.0 Å². The van der Waals surface area contributed by atoms with Crippen LogP contribution in [0.15, 0.2) is 42.5 Å². The number of nitrogens with zero attached hydrogens (tertiary/aromatic N) is 3. The quantitative estimate of drug-likeness (QED) is 0.453. The van der Waals surface area contributed by atoms with Crippen LogP contribution in [0.4, 0.5) is 5.69 Å². The molecule has 0 aliphatic carbocycles.